The number of hydrogen-bond acceptors (Lipinski definition) is 5. The molecule has 0 aromatic heterocycles. The van der Waals surface area contributed by atoms with E-state index in [1.54, 1.807) is 65.7 Å². The topological polar surface area (TPSA) is 59.1 Å². The van der Waals surface area contributed by atoms with Crippen molar-refractivity contribution in [1.29, 1.82) is 0 Å². The van der Waals surface area contributed by atoms with Gasteiger partial charge in [-0.2, -0.15) is 0 Å². The summed E-state index contributed by atoms with van der Waals surface area (Å²) >= 11 is 6.02. The minimum atomic E-state index is -1.00. The van der Waals surface area contributed by atoms with E-state index in [1.165, 1.54) is 19.2 Å². The molecule has 6 nitrogen and oxygen atoms in total. The summed E-state index contributed by atoms with van der Waals surface area (Å²) in [7, 11) is 1.54. The van der Waals surface area contributed by atoms with E-state index in [2.05, 4.69) is 0 Å². The van der Waals surface area contributed by atoms with Crippen LogP contribution >= 0.6 is 11.6 Å². The zero-order chi connectivity index (χ0) is 22.4. The molecule has 8 heteroatoms. The molecule has 2 saturated heterocycles. The number of rotatable bonds is 4. The van der Waals surface area contributed by atoms with E-state index in [0.29, 0.717) is 27.7 Å². The number of carbonyl (C=O) groups is 2. The molecule has 0 radical (unpaired) electrons. The van der Waals surface area contributed by atoms with Crippen molar-refractivity contribution in [3.8, 4) is 5.75 Å². The van der Waals surface area contributed by atoms with Crippen molar-refractivity contribution in [1.82, 2.24) is 0 Å². The van der Waals surface area contributed by atoms with Gasteiger partial charge >= 0.3 is 0 Å². The van der Waals surface area contributed by atoms with Gasteiger partial charge in [0.1, 0.15) is 17.5 Å². The van der Waals surface area contributed by atoms with E-state index in [0.717, 1.165) is 4.90 Å². The first-order chi connectivity index (χ1) is 15.5. The Kier molecular flexibility index (Phi) is 5.07. The summed E-state index contributed by atoms with van der Waals surface area (Å²) in [6.07, 6.45) is -1.00. The second-order valence-corrected chi connectivity index (χ2v) is 8.00. The van der Waals surface area contributed by atoms with Crippen molar-refractivity contribution in [3.63, 3.8) is 0 Å². The second-order valence-electron chi connectivity index (χ2n) is 7.56. The lowest BCUT2D eigenvalue weighted by Crippen LogP contribution is -2.37. The molecule has 3 aromatic carbocycles. The number of anilines is 2. The van der Waals surface area contributed by atoms with Crippen LogP contribution in [0.3, 0.4) is 0 Å². The predicted molar refractivity (Wildman–Crippen MR) is 117 cm³/mol. The van der Waals surface area contributed by atoms with Gasteiger partial charge in [-0.15, -0.1) is 0 Å². The number of hydrogen-bond donors (Lipinski definition) is 0. The highest BCUT2D eigenvalue weighted by atomic mass is 35.5. The summed E-state index contributed by atoms with van der Waals surface area (Å²) < 4.78 is 18.7. The molecule has 2 aliphatic rings. The van der Waals surface area contributed by atoms with Gasteiger partial charge in [0, 0.05) is 5.02 Å². The van der Waals surface area contributed by atoms with Gasteiger partial charge in [0.15, 0.2) is 6.10 Å². The molecule has 0 bridgehead atoms. The lowest BCUT2D eigenvalue weighted by molar-refractivity contribution is -0.126. The van der Waals surface area contributed by atoms with Gasteiger partial charge in [-0.25, -0.2) is 14.4 Å². The molecule has 3 unspecified atom stereocenters. The maximum atomic E-state index is 13.6. The molecule has 2 heterocycles. The van der Waals surface area contributed by atoms with Crippen LogP contribution in [0, 0.1) is 11.7 Å². The van der Waals surface area contributed by atoms with Crippen LogP contribution in [0.5, 0.6) is 5.75 Å². The highest BCUT2D eigenvalue weighted by Gasteiger charge is 2.60. The molecule has 162 valence electrons. The number of fused-ring (bicyclic) bond motifs is 1. The summed E-state index contributed by atoms with van der Waals surface area (Å²) in [4.78, 5) is 34.0. The number of halogens is 2. The van der Waals surface area contributed by atoms with Crippen LogP contribution in [0.4, 0.5) is 15.8 Å². The average Bonchev–Trinajstić information content (AvgIpc) is 3.31. The third-order valence-electron chi connectivity index (χ3n) is 5.74. The Balaban J connectivity index is 1.55. The van der Waals surface area contributed by atoms with Crippen LogP contribution in [-0.4, -0.2) is 25.0 Å². The molecule has 0 spiro atoms. The highest BCUT2D eigenvalue weighted by Crippen LogP contribution is 2.47. The predicted octanol–water partition coefficient (Wildman–Crippen LogP) is 4.54. The van der Waals surface area contributed by atoms with Crippen LogP contribution in [0.25, 0.3) is 0 Å². The monoisotopic (exact) mass is 452 g/mol. The van der Waals surface area contributed by atoms with Gasteiger partial charge in [0.05, 0.1) is 24.5 Å². The molecule has 32 heavy (non-hydrogen) atoms. The lowest BCUT2D eigenvalue weighted by Gasteiger charge is -2.28. The SMILES string of the molecule is COc1ccc(N2C(=O)C3ON(c4ccc(Cl)cc4)C(c4ccc(F)cc4)C3C2=O)cc1. The Hall–Kier alpha value is -3.42. The number of imide groups is 1. The van der Waals surface area contributed by atoms with Crippen LogP contribution in [0.15, 0.2) is 72.8 Å². The number of ether oxygens (including phenoxy) is 1. The minimum absolute atomic E-state index is 0.379. The maximum Gasteiger partial charge on any atom is 0.266 e. The number of methoxy groups -OCH3 is 1. The zero-order valence-corrected chi connectivity index (χ0v) is 17.7. The van der Waals surface area contributed by atoms with E-state index in [9.17, 15) is 14.0 Å². The van der Waals surface area contributed by atoms with Gasteiger partial charge in [-0.1, -0.05) is 23.7 Å². The molecule has 3 atom stereocenters. The van der Waals surface area contributed by atoms with Crippen molar-refractivity contribution in [3.05, 3.63) is 89.2 Å². The van der Waals surface area contributed by atoms with Crippen molar-refractivity contribution in [2.45, 2.75) is 12.1 Å². The van der Waals surface area contributed by atoms with E-state index in [4.69, 9.17) is 21.2 Å². The van der Waals surface area contributed by atoms with Crippen LogP contribution in [-0.2, 0) is 14.4 Å². The van der Waals surface area contributed by atoms with E-state index >= 15 is 0 Å². The van der Waals surface area contributed by atoms with Gasteiger partial charge in [0.2, 0.25) is 5.91 Å². The summed E-state index contributed by atoms with van der Waals surface area (Å²) in [6, 6.07) is 18.8. The van der Waals surface area contributed by atoms with Crippen molar-refractivity contribution >= 4 is 34.8 Å². The molecule has 0 saturated carbocycles. The normalized spacial score (nSPS) is 22.4. The van der Waals surface area contributed by atoms with Crippen molar-refractivity contribution in [2.75, 3.05) is 17.1 Å². The molecule has 5 rings (SSSR count). The molecule has 0 N–H and O–H groups in total. The maximum absolute atomic E-state index is 13.6. The fourth-order valence-corrected chi connectivity index (χ4v) is 4.34. The molecule has 2 fully saturated rings. The number of benzene rings is 3. The highest BCUT2D eigenvalue weighted by molar-refractivity contribution is 6.30. The Morgan fingerprint density at radius 3 is 2.12 bits per heavy atom. The number of nitrogens with zero attached hydrogens (tertiary/aromatic N) is 2. The first kappa shape index (κ1) is 20.5. The fourth-order valence-electron chi connectivity index (χ4n) is 4.21. The average molecular weight is 453 g/mol. The fraction of sp³-hybridized carbons (Fsp3) is 0.167. The largest absolute Gasteiger partial charge is 0.497 e. The second kappa shape index (κ2) is 7.93. The van der Waals surface area contributed by atoms with Crippen LogP contribution in [0.2, 0.25) is 5.02 Å². The summed E-state index contributed by atoms with van der Waals surface area (Å²) in [6.45, 7) is 0. The Bertz CT molecular complexity index is 1170. The molecule has 3 aromatic rings. The van der Waals surface area contributed by atoms with E-state index in [-0.39, 0.29) is 5.91 Å². The smallest absolute Gasteiger partial charge is 0.266 e. The molecular formula is C24H18ClFN2O4. The minimum Gasteiger partial charge on any atom is -0.497 e. The Morgan fingerprint density at radius 2 is 1.50 bits per heavy atom. The standard InChI is InChI=1S/C24H18ClFN2O4/c1-31-19-12-10-17(11-13-19)27-23(29)20-21(14-2-6-16(26)7-3-14)28(32-22(20)24(27)30)18-8-4-15(25)5-9-18/h2-13,20-22H,1H3. The summed E-state index contributed by atoms with van der Waals surface area (Å²) in [5.74, 6) is -1.41. The summed E-state index contributed by atoms with van der Waals surface area (Å²) in [5, 5.41) is 2.09. The quantitative estimate of drug-likeness (QED) is 0.544. The molecule has 2 aliphatic heterocycles. The van der Waals surface area contributed by atoms with Crippen molar-refractivity contribution in [2.24, 2.45) is 5.92 Å². The Morgan fingerprint density at radius 1 is 0.875 bits per heavy atom. The van der Waals surface area contributed by atoms with Gasteiger partial charge in [0.25, 0.3) is 5.91 Å². The van der Waals surface area contributed by atoms with Gasteiger partial charge < -0.3 is 4.74 Å². The van der Waals surface area contributed by atoms with E-state index in [1.807, 2.05) is 0 Å². The van der Waals surface area contributed by atoms with Crippen LogP contribution in [0.1, 0.15) is 11.6 Å². The van der Waals surface area contributed by atoms with Gasteiger partial charge in [-0.05, 0) is 66.2 Å². The molecule has 2 amide bonds. The molecule has 0 aliphatic carbocycles. The summed E-state index contributed by atoms with van der Waals surface area (Å²) in [5.41, 5.74) is 1.73. The Labute approximate surface area is 188 Å². The first-order valence-electron chi connectivity index (χ1n) is 9.97. The lowest BCUT2D eigenvalue weighted by atomic mass is 9.90. The third kappa shape index (κ3) is 3.30. The van der Waals surface area contributed by atoms with E-state index < -0.39 is 29.8 Å². The number of carbonyl (C=O) groups excluding carboxylic acids is 2. The number of amides is 2. The van der Waals surface area contributed by atoms with Gasteiger partial charge in [-0.3, -0.25) is 14.4 Å². The molecular weight excluding hydrogens is 435 g/mol. The number of hydroxylamine groups is 1. The van der Waals surface area contributed by atoms with Crippen LogP contribution < -0.4 is 14.7 Å². The van der Waals surface area contributed by atoms with Crippen molar-refractivity contribution < 1.29 is 23.6 Å². The zero-order valence-electron chi connectivity index (χ0n) is 16.9. The first-order valence-corrected chi connectivity index (χ1v) is 10.3. The third-order valence-corrected chi connectivity index (χ3v) is 5.99.